The van der Waals surface area contributed by atoms with Crippen LogP contribution in [0.3, 0.4) is 0 Å². The maximum atomic E-state index is 11.8. The van der Waals surface area contributed by atoms with Gasteiger partial charge in [0, 0.05) is 12.1 Å². The number of hydrogen-bond acceptors (Lipinski definition) is 4. The van der Waals surface area contributed by atoms with Gasteiger partial charge < -0.3 is 20.1 Å². The van der Waals surface area contributed by atoms with Gasteiger partial charge in [0.25, 0.3) is 0 Å². The van der Waals surface area contributed by atoms with E-state index in [1.165, 1.54) is 0 Å². The molecule has 2 rings (SSSR count). The second-order valence-corrected chi connectivity index (χ2v) is 6.38. The number of amides is 2. The Bertz CT molecular complexity index is 658. The summed E-state index contributed by atoms with van der Waals surface area (Å²) in [6.45, 7) is 8.15. The molecule has 2 N–H and O–H groups in total. The van der Waals surface area contributed by atoms with Gasteiger partial charge in [-0.15, -0.1) is 0 Å². The highest BCUT2D eigenvalue weighted by Gasteiger charge is 2.13. The molecule has 2 amide bonds. The Morgan fingerprint density at radius 1 is 0.714 bits per heavy atom. The lowest BCUT2D eigenvalue weighted by Crippen LogP contribution is -2.37. The molecule has 28 heavy (non-hydrogen) atoms. The largest absolute Gasteiger partial charge is 0.445 e. The van der Waals surface area contributed by atoms with E-state index in [1.807, 2.05) is 60.7 Å². The molecule has 2 aromatic carbocycles. The first-order valence-electron chi connectivity index (χ1n) is 9.13. The molecule has 0 heterocycles. The number of carbonyl (C=O) groups is 2. The SMILES string of the molecule is [CH2]C(CCC([CH2])NC(=O)OCc1ccccc1)NC(=O)OCc1ccccc1. The molecule has 0 aromatic heterocycles. The third-order valence-electron chi connectivity index (χ3n) is 3.93. The fourth-order valence-corrected chi connectivity index (χ4v) is 2.41. The molecule has 0 aliphatic heterocycles. The molecule has 2 unspecified atom stereocenters. The Hall–Kier alpha value is -3.02. The number of ether oxygens (including phenoxy) is 2. The molecule has 0 bridgehead atoms. The van der Waals surface area contributed by atoms with Gasteiger partial charge in [-0.25, -0.2) is 9.59 Å². The fourth-order valence-electron chi connectivity index (χ4n) is 2.41. The molecule has 6 nitrogen and oxygen atoms in total. The van der Waals surface area contributed by atoms with Crippen molar-refractivity contribution >= 4 is 12.2 Å². The van der Waals surface area contributed by atoms with Crippen LogP contribution in [0.25, 0.3) is 0 Å². The van der Waals surface area contributed by atoms with Crippen LogP contribution in [-0.4, -0.2) is 24.3 Å². The number of alkyl carbamates (subject to hydrolysis) is 2. The van der Waals surface area contributed by atoms with Crippen LogP contribution in [0.5, 0.6) is 0 Å². The lowest BCUT2D eigenvalue weighted by atomic mass is 10.1. The molecule has 6 heteroatoms. The third kappa shape index (κ3) is 8.58. The smallest absolute Gasteiger partial charge is 0.407 e. The maximum Gasteiger partial charge on any atom is 0.407 e. The van der Waals surface area contributed by atoms with Gasteiger partial charge in [-0.1, -0.05) is 60.7 Å². The van der Waals surface area contributed by atoms with E-state index in [9.17, 15) is 9.59 Å². The van der Waals surface area contributed by atoms with E-state index < -0.39 is 12.2 Å². The Kier molecular flexibility index (Phi) is 8.85. The van der Waals surface area contributed by atoms with Gasteiger partial charge in [0.2, 0.25) is 0 Å². The van der Waals surface area contributed by atoms with Gasteiger partial charge >= 0.3 is 12.2 Å². The topological polar surface area (TPSA) is 76.7 Å². The van der Waals surface area contributed by atoms with Gasteiger partial charge in [0.05, 0.1) is 0 Å². The van der Waals surface area contributed by atoms with Crippen molar-refractivity contribution < 1.29 is 19.1 Å². The summed E-state index contributed by atoms with van der Waals surface area (Å²) >= 11 is 0. The van der Waals surface area contributed by atoms with Gasteiger partial charge in [-0.2, -0.15) is 0 Å². The predicted octanol–water partition coefficient (Wildman–Crippen LogP) is 4.02. The van der Waals surface area contributed by atoms with Crippen molar-refractivity contribution in [3.63, 3.8) is 0 Å². The molecule has 2 radical (unpaired) electrons. The average Bonchev–Trinajstić information content (AvgIpc) is 2.71. The minimum Gasteiger partial charge on any atom is -0.445 e. The van der Waals surface area contributed by atoms with Crippen LogP contribution >= 0.6 is 0 Å². The van der Waals surface area contributed by atoms with Gasteiger partial charge in [0.15, 0.2) is 0 Å². The van der Waals surface area contributed by atoms with E-state index >= 15 is 0 Å². The van der Waals surface area contributed by atoms with Crippen LogP contribution in [0.4, 0.5) is 9.59 Å². The van der Waals surface area contributed by atoms with Crippen molar-refractivity contribution in [2.45, 2.75) is 38.1 Å². The van der Waals surface area contributed by atoms with Crippen LogP contribution in [0.15, 0.2) is 60.7 Å². The van der Waals surface area contributed by atoms with Crippen LogP contribution in [0, 0.1) is 13.8 Å². The molecule has 0 spiro atoms. The Morgan fingerprint density at radius 3 is 1.43 bits per heavy atom. The summed E-state index contributed by atoms with van der Waals surface area (Å²) in [6, 6.07) is 18.1. The average molecular weight is 382 g/mol. The standard InChI is InChI=1S/C22H26N2O4/c1-17(23-21(25)27-15-19-9-5-3-6-10-19)13-14-18(2)24-22(26)28-16-20-11-7-4-8-12-20/h3-12,17-18H,1-2,13-16H2,(H,23,25)(H,24,26). The Morgan fingerprint density at radius 2 is 1.07 bits per heavy atom. The van der Waals surface area contributed by atoms with Crippen LogP contribution in [0.2, 0.25) is 0 Å². The zero-order valence-electron chi connectivity index (χ0n) is 15.8. The van der Waals surface area contributed by atoms with Gasteiger partial charge in [-0.3, -0.25) is 0 Å². The summed E-state index contributed by atoms with van der Waals surface area (Å²) < 4.78 is 10.3. The minimum absolute atomic E-state index is 0.201. The zero-order chi connectivity index (χ0) is 20.2. The van der Waals surface area contributed by atoms with E-state index in [0.29, 0.717) is 12.8 Å². The molecule has 2 aromatic rings. The molecular weight excluding hydrogens is 356 g/mol. The molecule has 148 valence electrons. The first kappa shape index (κ1) is 21.3. The van der Waals surface area contributed by atoms with Crippen molar-refractivity contribution in [2.24, 2.45) is 0 Å². The maximum absolute atomic E-state index is 11.8. The predicted molar refractivity (Wildman–Crippen MR) is 107 cm³/mol. The second kappa shape index (κ2) is 11.6. The molecule has 0 fully saturated rings. The van der Waals surface area contributed by atoms with Crippen molar-refractivity contribution in [1.29, 1.82) is 0 Å². The summed E-state index contributed by atoms with van der Waals surface area (Å²) in [5.74, 6) is 0. The van der Waals surface area contributed by atoms with Crippen molar-refractivity contribution in [1.82, 2.24) is 10.6 Å². The number of rotatable bonds is 9. The van der Waals surface area contributed by atoms with Gasteiger partial charge in [0.1, 0.15) is 13.2 Å². The summed E-state index contributed by atoms with van der Waals surface area (Å²) in [5, 5.41) is 5.32. The van der Waals surface area contributed by atoms with Crippen LogP contribution in [0.1, 0.15) is 24.0 Å². The normalized spacial score (nSPS) is 12.5. The molecule has 0 aliphatic carbocycles. The zero-order valence-corrected chi connectivity index (χ0v) is 15.8. The second-order valence-electron chi connectivity index (χ2n) is 6.38. The first-order valence-corrected chi connectivity index (χ1v) is 9.13. The van der Waals surface area contributed by atoms with Crippen LogP contribution in [-0.2, 0) is 22.7 Å². The van der Waals surface area contributed by atoms with Crippen molar-refractivity contribution in [3.05, 3.63) is 85.6 Å². The van der Waals surface area contributed by atoms with E-state index in [-0.39, 0.29) is 25.3 Å². The van der Waals surface area contributed by atoms with E-state index in [1.54, 1.807) is 0 Å². The minimum atomic E-state index is -0.528. The fraction of sp³-hybridized carbons (Fsp3) is 0.273. The van der Waals surface area contributed by atoms with E-state index in [2.05, 4.69) is 24.5 Å². The monoisotopic (exact) mass is 382 g/mol. The number of carbonyl (C=O) groups excluding carboxylic acids is 2. The molecule has 2 atom stereocenters. The van der Waals surface area contributed by atoms with E-state index in [4.69, 9.17) is 9.47 Å². The number of benzene rings is 2. The highest BCUT2D eigenvalue weighted by Crippen LogP contribution is 2.05. The molecule has 0 aliphatic rings. The highest BCUT2D eigenvalue weighted by atomic mass is 16.6. The number of nitrogens with one attached hydrogen (secondary N) is 2. The molecule has 0 saturated carbocycles. The third-order valence-corrected chi connectivity index (χ3v) is 3.93. The quantitative estimate of drug-likeness (QED) is 0.687. The van der Waals surface area contributed by atoms with Gasteiger partial charge in [-0.05, 0) is 37.8 Å². The number of hydrogen-bond donors (Lipinski definition) is 2. The summed E-state index contributed by atoms with van der Waals surface area (Å²) in [4.78, 5) is 23.6. The lowest BCUT2D eigenvalue weighted by molar-refractivity contribution is 0.134. The Balaban J connectivity index is 1.58. The Labute approximate surface area is 166 Å². The van der Waals surface area contributed by atoms with Crippen molar-refractivity contribution in [2.75, 3.05) is 0 Å². The summed E-state index contributed by atoms with van der Waals surface area (Å²) in [6.07, 6.45) is 0.0145. The molecular formula is C22H26N2O4. The van der Waals surface area contributed by atoms with E-state index in [0.717, 1.165) is 11.1 Å². The van der Waals surface area contributed by atoms with Crippen LogP contribution < -0.4 is 10.6 Å². The van der Waals surface area contributed by atoms with Crippen molar-refractivity contribution in [3.8, 4) is 0 Å². The highest BCUT2D eigenvalue weighted by molar-refractivity contribution is 5.68. The first-order chi connectivity index (χ1) is 13.5. The summed E-state index contributed by atoms with van der Waals surface area (Å²) in [5.41, 5.74) is 1.82. The summed E-state index contributed by atoms with van der Waals surface area (Å²) in [7, 11) is 0. The molecule has 0 saturated heterocycles. The lowest BCUT2D eigenvalue weighted by Gasteiger charge is -2.18.